The first-order valence-corrected chi connectivity index (χ1v) is 27.3. The second-order valence-corrected chi connectivity index (χ2v) is 21.4. The summed E-state index contributed by atoms with van der Waals surface area (Å²) in [5, 5.41) is 4.77. The van der Waals surface area contributed by atoms with Gasteiger partial charge in [0.25, 0.3) is 0 Å². The Morgan fingerprint density at radius 1 is 0.241 bits per heavy atom. The molecule has 79 heavy (non-hydrogen) atoms. The minimum absolute atomic E-state index is 0.639. The van der Waals surface area contributed by atoms with Crippen LogP contribution in [0.1, 0.15) is 44.5 Å². The molecule has 2 aliphatic carbocycles. The molecule has 0 aromatic heterocycles. The van der Waals surface area contributed by atoms with Crippen LogP contribution in [0.15, 0.2) is 285 Å². The highest BCUT2D eigenvalue weighted by Crippen LogP contribution is 2.66. The van der Waals surface area contributed by atoms with Crippen molar-refractivity contribution in [2.45, 2.75) is 10.8 Å². The maximum Gasteiger partial charge on any atom is 0.132 e. The van der Waals surface area contributed by atoms with E-state index in [9.17, 15) is 0 Å². The Hall–Kier alpha value is -10.2. The van der Waals surface area contributed by atoms with Gasteiger partial charge in [0.2, 0.25) is 0 Å². The maximum atomic E-state index is 6.82. The van der Waals surface area contributed by atoms with E-state index in [-0.39, 0.29) is 0 Å². The molecular formula is C76H47NO2. The molecule has 0 fully saturated rings. The first kappa shape index (κ1) is 44.0. The van der Waals surface area contributed by atoms with Crippen molar-refractivity contribution in [3.8, 4) is 67.5 Å². The first-order chi connectivity index (χ1) is 39.2. The van der Waals surface area contributed by atoms with Crippen LogP contribution in [-0.4, -0.2) is 0 Å². The Morgan fingerprint density at radius 2 is 0.671 bits per heavy atom. The standard InChI is InChI=1S/C76H47NO2/c1-2-19-48(20-3-1)49-37-39-50(40-38-49)56-23-7-13-31-68(56)77(69-32-18-30-65-74(69)57-24-6-8-25-60(57)75(65)61-26-9-14-33-70(61)78-71-34-15-10-27-62(71)75)55-42-41-53-45-59-58-44-51-21-4-5-22-52(51)46-66(58)76(67(59)47-54(53)43-55)63-28-11-16-35-72(63)79-73-36-17-12-29-64(73)76/h1-47H. The monoisotopic (exact) mass is 1010 g/mol. The molecule has 17 rings (SSSR count). The number of hydrogen-bond acceptors (Lipinski definition) is 3. The van der Waals surface area contributed by atoms with Crippen molar-refractivity contribution < 1.29 is 9.47 Å². The molecule has 13 aromatic carbocycles. The highest BCUT2D eigenvalue weighted by molar-refractivity contribution is 6.05. The van der Waals surface area contributed by atoms with Crippen molar-refractivity contribution in [3.05, 3.63) is 330 Å². The molecule has 4 aliphatic rings. The molecule has 368 valence electrons. The number of ether oxygens (including phenoxy) is 2. The molecule has 0 radical (unpaired) electrons. The number of para-hydroxylation sites is 5. The highest BCUT2D eigenvalue weighted by Gasteiger charge is 2.53. The average Bonchev–Trinajstić information content (AvgIpc) is 2.90. The highest BCUT2D eigenvalue weighted by atomic mass is 16.5. The number of benzene rings is 13. The largest absolute Gasteiger partial charge is 0.457 e. The van der Waals surface area contributed by atoms with Crippen LogP contribution in [0.4, 0.5) is 17.1 Å². The van der Waals surface area contributed by atoms with E-state index in [1.165, 1.54) is 71.8 Å². The molecule has 0 unspecified atom stereocenters. The molecule has 0 bridgehead atoms. The molecule has 2 aliphatic heterocycles. The normalized spacial score (nSPS) is 14.0. The van der Waals surface area contributed by atoms with E-state index in [4.69, 9.17) is 9.47 Å². The van der Waals surface area contributed by atoms with Crippen LogP contribution in [0.25, 0.3) is 66.1 Å². The van der Waals surface area contributed by atoms with Gasteiger partial charge in [0.05, 0.1) is 22.2 Å². The van der Waals surface area contributed by atoms with Crippen LogP contribution in [0, 0.1) is 0 Å². The third-order valence-electron chi connectivity index (χ3n) is 17.5. The van der Waals surface area contributed by atoms with E-state index < -0.39 is 10.8 Å². The van der Waals surface area contributed by atoms with Crippen LogP contribution in [0.3, 0.4) is 0 Å². The lowest BCUT2D eigenvalue weighted by atomic mass is 9.66. The lowest BCUT2D eigenvalue weighted by Gasteiger charge is -2.39. The van der Waals surface area contributed by atoms with Crippen LogP contribution in [-0.2, 0) is 10.8 Å². The van der Waals surface area contributed by atoms with Crippen molar-refractivity contribution >= 4 is 38.6 Å². The van der Waals surface area contributed by atoms with Gasteiger partial charge in [0.15, 0.2) is 0 Å². The quantitative estimate of drug-likeness (QED) is 0.171. The first-order valence-electron chi connectivity index (χ1n) is 27.3. The summed E-state index contributed by atoms with van der Waals surface area (Å²) in [6.45, 7) is 0. The Morgan fingerprint density at radius 3 is 1.29 bits per heavy atom. The van der Waals surface area contributed by atoms with Crippen molar-refractivity contribution in [2.24, 2.45) is 0 Å². The van der Waals surface area contributed by atoms with E-state index in [2.05, 4.69) is 290 Å². The maximum absolute atomic E-state index is 6.82. The summed E-state index contributed by atoms with van der Waals surface area (Å²) in [5.41, 5.74) is 21.1. The van der Waals surface area contributed by atoms with Gasteiger partial charge < -0.3 is 14.4 Å². The molecule has 13 aromatic rings. The minimum Gasteiger partial charge on any atom is -0.457 e. The Bertz CT molecular complexity index is 4600. The SMILES string of the molecule is c1ccc(-c2ccc(-c3ccccc3N(c3ccc4cc5c(cc4c3)C3(c4ccccc4Oc4ccccc43)c3cc4ccccc4cc3-5)c3cccc4c3-c3ccccc3C43c4ccccc4Oc4ccccc43)cc2)cc1. The molecule has 2 heterocycles. The second kappa shape index (κ2) is 16.6. The van der Waals surface area contributed by atoms with Gasteiger partial charge in [-0.25, -0.2) is 0 Å². The summed E-state index contributed by atoms with van der Waals surface area (Å²) in [6.07, 6.45) is 0. The van der Waals surface area contributed by atoms with Gasteiger partial charge in [-0.2, -0.15) is 0 Å². The lowest BCUT2D eigenvalue weighted by Crippen LogP contribution is -2.32. The summed E-state index contributed by atoms with van der Waals surface area (Å²) in [7, 11) is 0. The van der Waals surface area contributed by atoms with E-state index in [1.807, 2.05) is 0 Å². The smallest absolute Gasteiger partial charge is 0.132 e. The van der Waals surface area contributed by atoms with E-state index in [1.54, 1.807) is 0 Å². The summed E-state index contributed by atoms with van der Waals surface area (Å²) in [6, 6.07) is 105. The predicted molar refractivity (Wildman–Crippen MR) is 322 cm³/mol. The fraction of sp³-hybridized carbons (Fsp3) is 0.0263. The zero-order valence-corrected chi connectivity index (χ0v) is 42.9. The number of hydrogen-bond donors (Lipinski definition) is 0. The van der Waals surface area contributed by atoms with Gasteiger partial charge in [-0.15, -0.1) is 0 Å². The van der Waals surface area contributed by atoms with Gasteiger partial charge >= 0.3 is 0 Å². The van der Waals surface area contributed by atoms with E-state index >= 15 is 0 Å². The molecule has 3 nitrogen and oxygen atoms in total. The summed E-state index contributed by atoms with van der Waals surface area (Å²) in [5.74, 6) is 3.51. The zero-order chi connectivity index (χ0) is 51.8. The molecule has 0 saturated carbocycles. The van der Waals surface area contributed by atoms with Gasteiger partial charge in [-0.3, -0.25) is 0 Å². The molecule has 2 spiro atoms. The molecule has 0 atom stereocenters. The fourth-order valence-electron chi connectivity index (χ4n) is 14.3. The fourth-order valence-corrected chi connectivity index (χ4v) is 14.3. The van der Waals surface area contributed by atoms with Crippen molar-refractivity contribution in [1.29, 1.82) is 0 Å². The van der Waals surface area contributed by atoms with E-state index in [0.717, 1.165) is 78.8 Å². The van der Waals surface area contributed by atoms with Gasteiger partial charge in [-0.1, -0.05) is 212 Å². The van der Waals surface area contributed by atoms with Gasteiger partial charge in [-0.05, 0) is 150 Å². The number of nitrogens with zero attached hydrogens (tertiary/aromatic N) is 1. The third kappa shape index (κ3) is 6.07. The predicted octanol–water partition coefficient (Wildman–Crippen LogP) is 19.7. The van der Waals surface area contributed by atoms with Crippen LogP contribution in [0.2, 0.25) is 0 Å². The van der Waals surface area contributed by atoms with Crippen LogP contribution in [0.5, 0.6) is 23.0 Å². The molecular weight excluding hydrogens is 959 g/mol. The summed E-state index contributed by atoms with van der Waals surface area (Å²) < 4.78 is 13.6. The molecule has 0 amide bonds. The Balaban J connectivity index is 0.941. The third-order valence-corrected chi connectivity index (χ3v) is 17.5. The Labute approximate surface area is 458 Å². The van der Waals surface area contributed by atoms with Crippen LogP contribution < -0.4 is 14.4 Å². The van der Waals surface area contributed by atoms with Crippen molar-refractivity contribution in [2.75, 3.05) is 4.90 Å². The summed E-state index contributed by atoms with van der Waals surface area (Å²) in [4.78, 5) is 2.54. The van der Waals surface area contributed by atoms with Gasteiger partial charge in [0, 0.05) is 39.1 Å². The zero-order valence-electron chi connectivity index (χ0n) is 42.9. The van der Waals surface area contributed by atoms with Crippen LogP contribution >= 0.6 is 0 Å². The average molecular weight is 1010 g/mol. The Kier molecular flexibility index (Phi) is 9.26. The van der Waals surface area contributed by atoms with Crippen molar-refractivity contribution in [1.82, 2.24) is 0 Å². The minimum atomic E-state index is -0.642. The molecule has 0 N–H and O–H groups in total. The summed E-state index contributed by atoms with van der Waals surface area (Å²) >= 11 is 0. The molecule has 0 saturated heterocycles. The number of fused-ring (bicyclic) bond motifs is 20. The number of anilines is 3. The molecule has 3 heteroatoms. The van der Waals surface area contributed by atoms with E-state index in [0.29, 0.717) is 0 Å². The van der Waals surface area contributed by atoms with Gasteiger partial charge in [0.1, 0.15) is 23.0 Å². The lowest BCUT2D eigenvalue weighted by molar-refractivity contribution is 0.436. The second-order valence-electron chi connectivity index (χ2n) is 21.4. The topological polar surface area (TPSA) is 21.7 Å². The van der Waals surface area contributed by atoms with Crippen molar-refractivity contribution in [3.63, 3.8) is 0 Å². The number of rotatable bonds is 5.